The molecule has 1 saturated carbocycles. The van der Waals surface area contributed by atoms with Gasteiger partial charge in [0.15, 0.2) is 0 Å². The number of H-pyrrole nitrogens is 1. The quantitative estimate of drug-likeness (QED) is 0.907. The Kier molecular flexibility index (Phi) is 4.08. The van der Waals surface area contributed by atoms with Crippen molar-refractivity contribution in [3.05, 3.63) is 40.4 Å². The highest BCUT2D eigenvalue weighted by Gasteiger charge is 2.25. The van der Waals surface area contributed by atoms with E-state index < -0.39 is 0 Å². The third kappa shape index (κ3) is 2.74. The lowest BCUT2D eigenvalue weighted by atomic mass is 10.2. The van der Waals surface area contributed by atoms with Crippen LogP contribution in [-0.4, -0.2) is 27.5 Å². The molecule has 1 aliphatic carbocycles. The monoisotopic (exact) mass is 289 g/mol. The summed E-state index contributed by atoms with van der Waals surface area (Å²) in [6.45, 7) is 0.627. The number of para-hydroxylation sites is 1. The molecule has 0 aliphatic heterocycles. The third-order valence-electron chi connectivity index (χ3n) is 3.95. The average molecular weight is 289 g/mol. The number of rotatable bonds is 4. The summed E-state index contributed by atoms with van der Waals surface area (Å²) < 4.78 is 0. The molecule has 3 rings (SSSR count). The topological polar surface area (TPSA) is 57.8 Å². The maximum Gasteiger partial charge on any atom is 0.258 e. The Labute approximate surface area is 122 Å². The van der Waals surface area contributed by atoms with Crippen LogP contribution < -0.4 is 10.9 Å². The van der Waals surface area contributed by atoms with E-state index in [1.165, 1.54) is 19.3 Å². The van der Waals surface area contributed by atoms with Crippen LogP contribution in [0.1, 0.15) is 25.1 Å². The first kappa shape index (κ1) is 13.6. The van der Waals surface area contributed by atoms with E-state index in [2.05, 4.69) is 21.5 Å². The Bertz CT molecular complexity index is 655. The fourth-order valence-electron chi connectivity index (χ4n) is 2.89. The molecule has 0 spiro atoms. The van der Waals surface area contributed by atoms with Crippen LogP contribution in [0, 0.1) is 0 Å². The van der Waals surface area contributed by atoms with Crippen LogP contribution in [0.25, 0.3) is 10.9 Å². The van der Waals surface area contributed by atoms with Crippen molar-refractivity contribution in [2.75, 3.05) is 6.26 Å². The molecule has 1 aromatic carbocycles. The highest BCUT2D eigenvalue weighted by molar-refractivity contribution is 7.99. The normalized spacial score (nSPS) is 22.4. The van der Waals surface area contributed by atoms with Crippen molar-refractivity contribution in [3.63, 3.8) is 0 Å². The number of aromatic nitrogens is 2. The van der Waals surface area contributed by atoms with Crippen LogP contribution in [0.4, 0.5) is 0 Å². The van der Waals surface area contributed by atoms with E-state index in [1.54, 1.807) is 6.07 Å². The van der Waals surface area contributed by atoms with Crippen LogP contribution in [0.15, 0.2) is 29.1 Å². The molecular weight excluding hydrogens is 270 g/mol. The Hall–Kier alpha value is -1.33. The molecule has 106 valence electrons. The predicted octanol–water partition coefficient (Wildman–Crippen LogP) is 2.30. The molecule has 5 heteroatoms. The van der Waals surface area contributed by atoms with E-state index in [4.69, 9.17) is 0 Å². The molecule has 0 saturated heterocycles. The van der Waals surface area contributed by atoms with Crippen LogP contribution in [0.5, 0.6) is 0 Å². The summed E-state index contributed by atoms with van der Waals surface area (Å²) in [7, 11) is 0. The first-order valence-corrected chi connectivity index (χ1v) is 8.31. The number of nitrogens with zero attached hydrogens (tertiary/aromatic N) is 1. The molecule has 2 unspecified atom stereocenters. The van der Waals surface area contributed by atoms with Crippen molar-refractivity contribution >= 4 is 22.7 Å². The number of nitrogens with one attached hydrogen (secondary N) is 2. The second kappa shape index (κ2) is 5.97. The summed E-state index contributed by atoms with van der Waals surface area (Å²) in [4.78, 5) is 19.4. The van der Waals surface area contributed by atoms with E-state index in [1.807, 2.05) is 30.0 Å². The minimum absolute atomic E-state index is 0.0553. The minimum Gasteiger partial charge on any atom is -0.309 e. The molecule has 1 aliphatic rings. The molecule has 2 atom stereocenters. The SMILES string of the molecule is CSC1CCCC1NCc1nc2ccccc2c(=O)[nH]1. The molecule has 1 heterocycles. The van der Waals surface area contributed by atoms with Crippen LogP contribution in [0.3, 0.4) is 0 Å². The number of aromatic amines is 1. The molecule has 20 heavy (non-hydrogen) atoms. The lowest BCUT2D eigenvalue weighted by Crippen LogP contribution is -2.34. The summed E-state index contributed by atoms with van der Waals surface area (Å²) in [5, 5.41) is 4.87. The Morgan fingerprint density at radius 3 is 3.10 bits per heavy atom. The maximum atomic E-state index is 12.0. The van der Waals surface area contributed by atoms with Crippen LogP contribution in [-0.2, 0) is 6.54 Å². The van der Waals surface area contributed by atoms with E-state index in [9.17, 15) is 4.79 Å². The lowest BCUT2D eigenvalue weighted by molar-refractivity contribution is 0.521. The molecule has 0 amide bonds. The van der Waals surface area contributed by atoms with Gasteiger partial charge < -0.3 is 10.3 Å². The van der Waals surface area contributed by atoms with E-state index in [-0.39, 0.29) is 5.56 Å². The van der Waals surface area contributed by atoms with Crippen molar-refractivity contribution in [3.8, 4) is 0 Å². The minimum atomic E-state index is -0.0553. The van der Waals surface area contributed by atoms with Crippen molar-refractivity contribution in [2.24, 2.45) is 0 Å². The summed E-state index contributed by atoms with van der Waals surface area (Å²) >= 11 is 1.93. The van der Waals surface area contributed by atoms with Crippen LogP contribution >= 0.6 is 11.8 Å². The molecule has 1 aromatic heterocycles. The van der Waals surface area contributed by atoms with Gasteiger partial charge in [-0.1, -0.05) is 18.6 Å². The third-order valence-corrected chi connectivity index (χ3v) is 5.12. The zero-order valence-corrected chi connectivity index (χ0v) is 12.4. The highest BCUT2D eigenvalue weighted by Crippen LogP contribution is 2.28. The maximum absolute atomic E-state index is 12.0. The van der Waals surface area contributed by atoms with Crippen molar-refractivity contribution in [2.45, 2.75) is 37.1 Å². The number of hydrogen-bond donors (Lipinski definition) is 2. The zero-order valence-electron chi connectivity index (χ0n) is 11.6. The van der Waals surface area contributed by atoms with Crippen molar-refractivity contribution in [1.29, 1.82) is 0 Å². The molecular formula is C15H19N3OS. The second-order valence-electron chi connectivity index (χ2n) is 5.22. The van der Waals surface area contributed by atoms with Gasteiger partial charge in [-0.2, -0.15) is 11.8 Å². The smallest absolute Gasteiger partial charge is 0.258 e. The van der Waals surface area contributed by atoms with Crippen molar-refractivity contribution < 1.29 is 0 Å². The summed E-state index contributed by atoms with van der Waals surface area (Å²) in [6, 6.07) is 7.99. The zero-order chi connectivity index (χ0) is 13.9. The van der Waals surface area contributed by atoms with Gasteiger partial charge in [-0.3, -0.25) is 4.79 Å². The number of fused-ring (bicyclic) bond motifs is 1. The number of benzene rings is 1. The Morgan fingerprint density at radius 1 is 1.40 bits per heavy atom. The van der Waals surface area contributed by atoms with Gasteiger partial charge in [0.05, 0.1) is 17.4 Å². The fourth-order valence-corrected chi connectivity index (χ4v) is 3.85. The molecule has 1 fully saturated rings. The largest absolute Gasteiger partial charge is 0.309 e. The van der Waals surface area contributed by atoms with Gasteiger partial charge in [0.2, 0.25) is 0 Å². The average Bonchev–Trinajstić information content (AvgIpc) is 2.93. The second-order valence-corrected chi connectivity index (χ2v) is 6.30. The molecule has 2 N–H and O–H groups in total. The van der Waals surface area contributed by atoms with E-state index in [0.717, 1.165) is 11.3 Å². The van der Waals surface area contributed by atoms with E-state index >= 15 is 0 Å². The van der Waals surface area contributed by atoms with Gasteiger partial charge in [0.25, 0.3) is 5.56 Å². The number of thioether (sulfide) groups is 1. The lowest BCUT2D eigenvalue weighted by Gasteiger charge is -2.18. The first-order chi connectivity index (χ1) is 9.78. The molecule has 0 bridgehead atoms. The Balaban J connectivity index is 1.76. The Morgan fingerprint density at radius 2 is 2.25 bits per heavy atom. The van der Waals surface area contributed by atoms with Crippen molar-refractivity contribution in [1.82, 2.24) is 15.3 Å². The predicted molar refractivity (Wildman–Crippen MR) is 84.1 cm³/mol. The van der Waals surface area contributed by atoms with Gasteiger partial charge in [-0.25, -0.2) is 4.98 Å². The van der Waals surface area contributed by atoms with Gasteiger partial charge >= 0.3 is 0 Å². The van der Waals surface area contributed by atoms with E-state index in [0.29, 0.717) is 23.2 Å². The van der Waals surface area contributed by atoms with Crippen LogP contribution in [0.2, 0.25) is 0 Å². The van der Waals surface area contributed by atoms with Gasteiger partial charge in [-0.15, -0.1) is 0 Å². The molecule has 4 nitrogen and oxygen atoms in total. The molecule has 2 aromatic rings. The highest BCUT2D eigenvalue weighted by atomic mass is 32.2. The fraction of sp³-hybridized carbons (Fsp3) is 0.467. The summed E-state index contributed by atoms with van der Waals surface area (Å²) in [6.07, 6.45) is 5.94. The standard InChI is InChI=1S/C15H19N3OS/c1-20-13-8-4-7-12(13)16-9-14-17-11-6-3-2-5-10(11)15(19)18-14/h2-3,5-6,12-13,16H,4,7-9H2,1H3,(H,17,18,19). The number of hydrogen-bond acceptors (Lipinski definition) is 4. The molecule has 0 radical (unpaired) electrons. The van der Waals surface area contributed by atoms with Gasteiger partial charge in [0.1, 0.15) is 5.82 Å². The summed E-state index contributed by atoms with van der Waals surface area (Å²) in [5.41, 5.74) is 0.709. The summed E-state index contributed by atoms with van der Waals surface area (Å²) in [5.74, 6) is 0.723. The first-order valence-electron chi connectivity index (χ1n) is 7.02. The van der Waals surface area contributed by atoms with Gasteiger partial charge in [0, 0.05) is 11.3 Å². The van der Waals surface area contributed by atoms with Gasteiger partial charge in [-0.05, 0) is 31.2 Å².